The van der Waals surface area contributed by atoms with Crippen LogP contribution < -0.4 is 0 Å². The summed E-state index contributed by atoms with van der Waals surface area (Å²) >= 11 is 0. The molecule has 0 N–H and O–H groups in total. The molecule has 2 rings (SSSR count). The van der Waals surface area contributed by atoms with Crippen LogP contribution in [0, 0.1) is 17.6 Å². The summed E-state index contributed by atoms with van der Waals surface area (Å²) in [6.07, 6.45) is 18.6. The van der Waals surface area contributed by atoms with Crippen molar-refractivity contribution in [3.8, 4) is 0 Å². The van der Waals surface area contributed by atoms with Crippen LogP contribution in [-0.2, 0) is 25.8 Å². The van der Waals surface area contributed by atoms with E-state index in [9.17, 15) is 0 Å². The molecule has 0 heterocycles. The Labute approximate surface area is 159 Å². The van der Waals surface area contributed by atoms with E-state index in [1.807, 2.05) is 12.2 Å². The zero-order valence-corrected chi connectivity index (χ0v) is 19.6. The molecule has 2 aliphatic carbocycles. The normalized spacial score (nSPS) is 13.6. The molecule has 0 bridgehead atoms. The predicted molar refractivity (Wildman–Crippen MR) is 94.9 cm³/mol. The van der Waals surface area contributed by atoms with Crippen LogP contribution in [0.1, 0.15) is 33.6 Å². The van der Waals surface area contributed by atoms with Gasteiger partial charge in [-0.2, -0.15) is 12.2 Å². The van der Waals surface area contributed by atoms with Crippen LogP contribution in [0.15, 0.2) is 36.0 Å². The molecule has 0 unspecified atom stereocenters. The summed E-state index contributed by atoms with van der Waals surface area (Å²) in [6.45, 7) is 11.1. The Kier molecular flexibility index (Phi) is 25.4. The van der Waals surface area contributed by atoms with Gasteiger partial charge in [0.25, 0.3) is 0 Å². The van der Waals surface area contributed by atoms with E-state index in [4.69, 9.17) is 0 Å². The first-order chi connectivity index (χ1) is 8.02. The Bertz CT molecular complexity index is 303. The van der Waals surface area contributed by atoms with Gasteiger partial charge in [0.15, 0.2) is 0 Å². The SMILES string of the molecule is CC(C)(C)C1=[C-]CC=C1.C[SiH]C.Cl.Cl.[C-]1=CC=CC1.[Hf]. The summed E-state index contributed by atoms with van der Waals surface area (Å²) in [5, 5.41) is 0. The Balaban J connectivity index is -0.000000102. The quantitative estimate of drug-likeness (QED) is 0.312. The van der Waals surface area contributed by atoms with E-state index in [2.05, 4.69) is 64.2 Å². The van der Waals surface area contributed by atoms with Crippen molar-refractivity contribution in [1.29, 1.82) is 0 Å². The maximum absolute atomic E-state index is 3.30. The topological polar surface area (TPSA) is 0 Å². The summed E-state index contributed by atoms with van der Waals surface area (Å²) in [5.41, 5.74) is 1.65. The second-order valence-electron chi connectivity index (χ2n) is 5.03. The maximum Gasteiger partial charge on any atom is 0.0213 e. The molecule has 0 spiro atoms. The first-order valence-electron chi connectivity index (χ1n) is 6.26. The minimum absolute atomic E-state index is 0. The molecule has 0 saturated carbocycles. The van der Waals surface area contributed by atoms with Gasteiger partial charge >= 0.3 is 0 Å². The van der Waals surface area contributed by atoms with Crippen molar-refractivity contribution in [3.05, 3.63) is 48.1 Å². The zero-order chi connectivity index (χ0) is 13.1. The van der Waals surface area contributed by atoms with E-state index in [-0.39, 0.29) is 50.7 Å². The van der Waals surface area contributed by atoms with Crippen molar-refractivity contribution in [2.45, 2.75) is 46.7 Å². The van der Waals surface area contributed by atoms with Gasteiger partial charge in [-0.3, -0.25) is 12.2 Å². The van der Waals surface area contributed by atoms with Crippen molar-refractivity contribution in [2.24, 2.45) is 5.41 Å². The largest absolute Gasteiger partial charge is 0.273 e. The van der Waals surface area contributed by atoms with Crippen molar-refractivity contribution in [2.75, 3.05) is 0 Å². The van der Waals surface area contributed by atoms with Crippen LogP contribution in [0.3, 0.4) is 0 Å². The smallest absolute Gasteiger partial charge is 0.0213 e. The summed E-state index contributed by atoms with van der Waals surface area (Å²) in [7, 11) is 0.750. The van der Waals surface area contributed by atoms with Crippen LogP contribution in [0.5, 0.6) is 0 Å². The summed E-state index contributed by atoms with van der Waals surface area (Å²) in [4.78, 5) is 0. The molecule has 0 aromatic carbocycles. The number of halogens is 2. The van der Waals surface area contributed by atoms with E-state index >= 15 is 0 Å². The van der Waals surface area contributed by atoms with Gasteiger partial charge in [0.2, 0.25) is 0 Å². The fraction of sp³-hybridized carbons (Fsp3) is 0.500. The van der Waals surface area contributed by atoms with E-state index in [1.54, 1.807) is 0 Å². The van der Waals surface area contributed by atoms with Crippen molar-refractivity contribution >= 4 is 34.3 Å². The van der Waals surface area contributed by atoms with Gasteiger partial charge in [-0.15, -0.1) is 37.7 Å². The van der Waals surface area contributed by atoms with Crippen molar-refractivity contribution < 1.29 is 25.8 Å². The Hall–Kier alpha value is 0.627. The van der Waals surface area contributed by atoms with Gasteiger partial charge in [0, 0.05) is 35.4 Å². The van der Waals surface area contributed by atoms with Gasteiger partial charge in [-0.1, -0.05) is 33.9 Å². The van der Waals surface area contributed by atoms with Gasteiger partial charge in [0.05, 0.1) is 0 Å². The molecule has 0 saturated heterocycles. The van der Waals surface area contributed by atoms with Crippen LogP contribution >= 0.6 is 24.8 Å². The number of hydrogen-bond acceptors (Lipinski definition) is 0. The number of allylic oxidation sites excluding steroid dienone is 8. The van der Waals surface area contributed by atoms with E-state index in [0.717, 1.165) is 22.4 Å². The molecule has 0 amide bonds. The third-order valence-corrected chi connectivity index (χ3v) is 2.09. The molecule has 0 atom stereocenters. The summed E-state index contributed by atoms with van der Waals surface area (Å²) < 4.78 is 0. The molecular formula is C16H27Cl2HfSi-2. The summed E-state index contributed by atoms with van der Waals surface area (Å²) in [5.74, 6) is 0. The van der Waals surface area contributed by atoms with E-state index in [1.165, 1.54) is 5.57 Å². The van der Waals surface area contributed by atoms with Crippen LogP contribution in [0.4, 0.5) is 0 Å². The second-order valence-corrected chi connectivity index (χ2v) is 6.18. The van der Waals surface area contributed by atoms with Crippen molar-refractivity contribution in [3.63, 3.8) is 0 Å². The minimum Gasteiger partial charge on any atom is -0.273 e. The third-order valence-electron chi connectivity index (χ3n) is 2.09. The van der Waals surface area contributed by atoms with Crippen LogP contribution in [0.25, 0.3) is 0 Å². The summed E-state index contributed by atoms with van der Waals surface area (Å²) in [6, 6.07) is 0. The molecule has 4 heteroatoms. The zero-order valence-electron chi connectivity index (χ0n) is 13.2. The second kappa shape index (κ2) is 17.7. The van der Waals surface area contributed by atoms with E-state index < -0.39 is 0 Å². The van der Waals surface area contributed by atoms with E-state index in [0.29, 0.717) is 5.41 Å². The minimum atomic E-state index is 0. The van der Waals surface area contributed by atoms with Gasteiger partial charge in [0.1, 0.15) is 0 Å². The first-order valence-corrected chi connectivity index (χ1v) is 8.57. The van der Waals surface area contributed by atoms with Crippen LogP contribution in [-0.4, -0.2) is 9.52 Å². The van der Waals surface area contributed by atoms with Crippen LogP contribution in [0.2, 0.25) is 13.1 Å². The molecule has 0 aromatic heterocycles. The van der Waals surface area contributed by atoms with Gasteiger partial charge in [-0.05, 0) is 5.41 Å². The Morgan fingerprint density at radius 1 is 1.05 bits per heavy atom. The van der Waals surface area contributed by atoms with Gasteiger partial charge < -0.3 is 0 Å². The first kappa shape index (κ1) is 28.7. The molecule has 0 aromatic rings. The monoisotopic (exact) mass is 497 g/mol. The average molecular weight is 497 g/mol. The molecular weight excluding hydrogens is 470 g/mol. The molecule has 0 fully saturated rings. The van der Waals surface area contributed by atoms with Gasteiger partial charge in [-0.25, -0.2) is 23.8 Å². The van der Waals surface area contributed by atoms with Crippen molar-refractivity contribution in [1.82, 2.24) is 0 Å². The predicted octanol–water partition coefficient (Wildman–Crippen LogP) is 5.39. The number of hydrogen-bond donors (Lipinski definition) is 0. The maximum atomic E-state index is 3.30. The Morgan fingerprint density at radius 2 is 1.60 bits per heavy atom. The fourth-order valence-electron chi connectivity index (χ4n) is 1.26. The molecule has 20 heavy (non-hydrogen) atoms. The number of rotatable bonds is 0. The molecule has 2 aliphatic rings. The third kappa shape index (κ3) is 16.7. The fourth-order valence-corrected chi connectivity index (χ4v) is 1.26. The average Bonchev–Trinajstić information content (AvgIpc) is 2.95. The standard InChI is InChI=1S/C9H13.C5H5.C2H7Si.2ClH.Hf/c1-9(2,3)8-6-4-5-7-8;1-2-4-5-3-1;1-3-2;;;/h4,6H,5H2,1-3H3;1-3H,4H2;3H,1-2H3;2*1H;/q2*-1;;;;. The Morgan fingerprint density at radius 3 is 1.75 bits per heavy atom. The molecule has 0 nitrogen and oxygen atoms in total. The molecule has 115 valence electrons. The molecule has 1 radical (unpaired) electrons. The molecule has 0 aliphatic heterocycles.